The van der Waals surface area contributed by atoms with Gasteiger partial charge in [-0.05, 0) is 49.2 Å². The third-order valence-electron chi connectivity index (χ3n) is 5.71. The Labute approximate surface area is 185 Å². The molecule has 1 aromatic heterocycles. The molecule has 1 amide bonds. The van der Waals surface area contributed by atoms with E-state index < -0.39 is 0 Å². The lowest BCUT2D eigenvalue weighted by atomic mass is 9.96. The molecular weight excluding hydrogens is 412 g/mol. The van der Waals surface area contributed by atoms with E-state index in [2.05, 4.69) is 15.5 Å². The average molecular weight is 436 g/mol. The lowest BCUT2D eigenvalue weighted by molar-refractivity contribution is -0.120. The van der Waals surface area contributed by atoms with Gasteiger partial charge in [0.1, 0.15) is 19.0 Å². The third kappa shape index (κ3) is 4.18. The maximum Gasteiger partial charge on any atom is 0.324 e. The van der Waals surface area contributed by atoms with Crippen molar-refractivity contribution < 1.29 is 23.5 Å². The van der Waals surface area contributed by atoms with Crippen LogP contribution < -0.4 is 24.4 Å². The Morgan fingerprint density at radius 1 is 1.06 bits per heavy atom. The molecule has 0 bridgehead atoms. The van der Waals surface area contributed by atoms with Crippen molar-refractivity contribution in [1.82, 2.24) is 10.1 Å². The smallest absolute Gasteiger partial charge is 0.324 e. The first kappa shape index (κ1) is 20.2. The van der Waals surface area contributed by atoms with Crippen molar-refractivity contribution in [1.29, 1.82) is 0 Å². The molecule has 5 rings (SSSR count). The highest BCUT2D eigenvalue weighted by Crippen LogP contribution is 2.33. The van der Waals surface area contributed by atoms with Crippen LogP contribution in [0.4, 0.5) is 11.7 Å². The lowest BCUT2D eigenvalue weighted by Gasteiger charge is -2.29. The van der Waals surface area contributed by atoms with Crippen molar-refractivity contribution in [3.8, 4) is 28.6 Å². The summed E-state index contributed by atoms with van der Waals surface area (Å²) in [5.74, 6) is 2.59. The van der Waals surface area contributed by atoms with Crippen LogP contribution in [0.5, 0.6) is 17.2 Å². The lowest BCUT2D eigenvalue weighted by Crippen LogP contribution is -2.38. The van der Waals surface area contributed by atoms with E-state index in [-0.39, 0.29) is 11.8 Å². The number of carbonyl (C=O) groups is 1. The van der Waals surface area contributed by atoms with E-state index in [0.29, 0.717) is 68.2 Å². The molecule has 0 unspecified atom stereocenters. The number of amides is 1. The van der Waals surface area contributed by atoms with Gasteiger partial charge < -0.3 is 29.0 Å². The van der Waals surface area contributed by atoms with Crippen LogP contribution in [0.15, 0.2) is 47.0 Å². The zero-order valence-corrected chi connectivity index (χ0v) is 17.7. The number of nitrogens with one attached hydrogen (secondary N) is 1. The zero-order chi connectivity index (χ0) is 21.9. The number of carbonyl (C=O) groups excluding carboxylic acids is 1. The number of hydrogen-bond donors (Lipinski definition) is 1. The molecule has 1 N–H and O–H groups in total. The van der Waals surface area contributed by atoms with Gasteiger partial charge in [0.2, 0.25) is 11.7 Å². The maximum absolute atomic E-state index is 12.8. The van der Waals surface area contributed by atoms with Crippen LogP contribution in [0.25, 0.3) is 11.4 Å². The van der Waals surface area contributed by atoms with Gasteiger partial charge in [-0.3, -0.25) is 4.79 Å². The van der Waals surface area contributed by atoms with Crippen molar-refractivity contribution in [2.75, 3.05) is 43.6 Å². The predicted molar refractivity (Wildman–Crippen MR) is 117 cm³/mol. The number of rotatable bonds is 5. The molecule has 3 heterocycles. The van der Waals surface area contributed by atoms with Gasteiger partial charge in [-0.15, -0.1) is 0 Å². The average Bonchev–Trinajstić information content (AvgIpc) is 3.34. The molecule has 2 aromatic carbocycles. The SMILES string of the molecule is COc1ccc(-c2noc(N3CCC(C(=O)Nc4ccc5c(c4)OCCO5)CC3)n2)cc1. The molecule has 0 aliphatic carbocycles. The minimum Gasteiger partial charge on any atom is -0.497 e. The Balaban J connectivity index is 1.17. The van der Waals surface area contributed by atoms with E-state index >= 15 is 0 Å². The summed E-state index contributed by atoms with van der Waals surface area (Å²) in [6.45, 7) is 2.39. The molecule has 1 saturated heterocycles. The first-order valence-electron chi connectivity index (χ1n) is 10.6. The molecule has 2 aliphatic rings. The molecule has 0 radical (unpaired) electrons. The summed E-state index contributed by atoms with van der Waals surface area (Å²) in [5, 5.41) is 7.09. The Morgan fingerprint density at radius 3 is 2.56 bits per heavy atom. The van der Waals surface area contributed by atoms with Gasteiger partial charge in [-0.2, -0.15) is 4.98 Å². The monoisotopic (exact) mass is 436 g/mol. The molecule has 0 saturated carbocycles. The highest BCUT2D eigenvalue weighted by molar-refractivity contribution is 5.93. The Morgan fingerprint density at radius 2 is 1.81 bits per heavy atom. The second-order valence-electron chi connectivity index (χ2n) is 7.74. The summed E-state index contributed by atoms with van der Waals surface area (Å²) in [4.78, 5) is 19.3. The zero-order valence-electron chi connectivity index (χ0n) is 17.7. The molecule has 166 valence electrons. The van der Waals surface area contributed by atoms with Gasteiger partial charge >= 0.3 is 6.01 Å². The first-order valence-corrected chi connectivity index (χ1v) is 10.6. The van der Waals surface area contributed by atoms with Gasteiger partial charge in [0.25, 0.3) is 0 Å². The number of aromatic nitrogens is 2. The molecule has 32 heavy (non-hydrogen) atoms. The number of hydrogen-bond acceptors (Lipinski definition) is 8. The van der Waals surface area contributed by atoms with Crippen LogP contribution in [-0.2, 0) is 4.79 Å². The number of benzene rings is 2. The molecule has 0 spiro atoms. The van der Waals surface area contributed by atoms with Crippen molar-refractivity contribution >= 4 is 17.6 Å². The summed E-state index contributed by atoms with van der Waals surface area (Å²) < 4.78 is 21.8. The Kier molecular flexibility index (Phi) is 5.53. The number of ether oxygens (including phenoxy) is 3. The number of nitrogens with zero attached hydrogens (tertiary/aromatic N) is 3. The molecule has 9 heteroatoms. The van der Waals surface area contributed by atoms with Gasteiger partial charge in [0, 0.05) is 36.3 Å². The highest BCUT2D eigenvalue weighted by Gasteiger charge is 2.28. The first-order chi connectivity index (χ1) is 15.7. The minimum atomic E-state index is -0.0802. The molecular formula is C23H24N4O5. The van der Waals surface area contributed by atoms with Crippen molar-refractivity contribution in [3.63, 3.8) is 0 Å². The summed E-state index contributed by atoms with van der Waals surface area (Å²) in [5.41, 5.74) is 1.57. The molecule has 3 aromatic rings. The maximum atomic E-state index is 12.8. The van der Waals surface area contributed by atoms with Crippen LogP contribution in [0.1, 0.15) is 12.8 Å². The van der Waals surface area contributed by atoms with E-state index in [1.54, 1.807) is 13.2 Å². The van der Waals surface area contributed by atoms with E-state index in [1.807, 2.05) is 41.3 Å². The standard InChI is InChI=1S/C23H24N4O5/c1-29-18-5-2-15(3-6-18)21-25-23(32-26-21)27-10-8-16(9-11-27)22(28)24-17-4-7-19-20(14-17)31-13-12-30-19/h2-7,14,16H,8-13H2,1H3,(H,24,28). The van der Waals surface area contributed by atoms with E-state index in [9.17, 15) is 4.79 Å². The summed E-state index contributed by atoms with van der Waals surface area (Å²) in [6.07, 6.45) is 1.41. The number of anilines is 2. The third-order valence-corrected chi connectivity index (χ3v) is 5.71. The van der Waals surface area contributed by atoms with Crippen LogP contribution in [-0.4, -0.2) is 49.5 Å². The largest absolute Gasteiger partial charge is 0.497 e. The number of piperidine rings is 1. The van der Waals surface area contributed by atoms with Crippen LogP contribution >= 0.6 is 0 Å². The van der Waals surface area contributed by atoms with Crippen LogP contribution in [0.2, 0.25) is 0 Å². The molecule has 2 aliphatic heterocycles. The topological polar surface area (TPSA) is 99.0 Å². The number of fused-ring (bicyclic) bond motifs is 1. The summed E-state index contributed by atoms with van der Waals surface area (Å²) >= 11 is 0. The van der Waals surface area contributed by atoms with E-state index in [4.69, 9.17) is 18.7 Å². The van der Waals surface area contributed by atoms with Gasteiger partial charge in [-0.1, -0.05) is 5.16 Å². The fourth-order valence-corrected chi connectivity index (χ4v) is 3.90. The Bertz CT molecular complexity index is 1090. The predicted octanol–water partition coefficient (Wildman–Crippen LogP) is 3.37. The van der Waals surface area contributed by atoms with Gasteiger partial charge in [0.05, 0.1) is 7.11 Å². The van der Waals surface area contributed by atoms with E-state index in [1.165, 1.54) is 0 Å². The van der Waals surface area contributed by atoms with Crippen LogP contribution in [0.3, 0.4) is 0 Å². The number of methoxy groups -OCH3 is 1. The van der Waals surface area contributed by atoms with Crippen LogP contribution in [0, 0.1) is 5.92 Å². The molecule has 1 fully saturated rings. The molecule has 9 nitrogen and oxygen atoms in total. The Hall–Kier alpha value is -3.75. The second-order valence-corrected chi connectivity index (χ2v) is 7.74. The fourth-order valence-electron chi connectivity index (χ4n) is 3.90. The van der Waals surface area contributed by atoms with Crippen molar-refractivity contribution in [2.24, 2.45) is 5.92 Å². The van der Waals surface area contributed by atoms with Crippen molar-refractivity contribution in [2.45, 2.75) is 12.8 Å². The molecule has 0 atom stereocenters. The summed E-state index contributed by atoms with van der Waals surface area (Å²) in [6, 6.07) is 13.4. The minimum absolute atomic E-state index is 0.00535. The van der Waals surface area contributed by atoms with Gasteiger partial charge in [-0.25, -0.2) is 0 Å². The fraction of sp³-hybridized carbons (Fsp3) is 0.348. The summed E-state index contributed by atoms with van der Waals surface area (Å²) in [7, 11) is 1.63. The van der Waals surface area contributed by atoms with Crippen molar-refractivity contribution in [3.05, 3.63) is 42.5 Å². The normalized spacial score (nSPS) is 16.0. The van der Waals surface area contributed by atoms with E-state index in [0.717, 1.165) is 11.3 Å². The van der Waals surface area contributed by atoms with Gasteiger partial charge in [0.15, 0.2) is 11.5 Å². The quantitative estimate of drug-likeness (QED) is 0.650. The highest BCUT2D eigenvalue weighted by atomic mass is 16.6. The second kappa shape index (κ2) is 8.78.